The van der Waals surface area contributed by atoms with Gasteiger partial charge in [0, 0.05) is 7.05 Å². The molecule has 0 saturated carbocycles. The van der Waals surface area contributed by atoms with E-state index < -0.39 is 0 Å². The van der Waals surface area contributed by atoms with Crippen LogP contribution in [0.4, 0.5) is 17.6 Å². The number of nitrogens with one attached hydrogen (secondary N) is 2. The Balaban J connectivity index is 2.37. The normalized spacial score (nSPS) is 10.2. The minimum Gasteiger partial charge on any atom is -0.357 e. The molecule has 0 bridgehead atoms. The Morgan fingerprint density at radius 1 is 1.06 bits per heavy atom. The molecule has 1 heterocycles. The maximum Gasteiger partial charge on any atom is 0.233 e. The number of nitrogens with zero attached hydrogens (tertiary/aromatic N) is 3. The molecule has 2 N–H and O–H groups in total. The van der Waals surface area contributed by atoms with E-state index in [4.69, 9.17) is 23.2 Å². The molecule has 7 heteroatoms. The average molecular weight is 284 g/mol. The van der Waals surface area contributed by atoms with Crippen LogP contribution in [-0.4, -0.2) is 22.0 Å². The van der Waals surface area contributed by atoms with Crippen LogP contribution in [0.15, 0.2) is 18.2 Å². The lowest BCUT2D eigenvalue weighted by atomic mass is 10.2. The lowest BCUT2D eigenvalue weighted by Gasteiger charge is -2.10. The van der Waals surface area contributed by atoms with Gasteiger partial charge in [-0.1, -0.05) is 23.7 Å². The zero-order valence-electron chi connectivity index (χ0n) is 9.83. The molecule has 1 aromatic heterocycles. The maximum absolute atomic E-state index is 6.11. The highest BCUT2D eigenvalue weighted by molar-refractivity contribution is 6.33. The van der Waals surface area contributed by atoms with E-state index in [0.29, 0.717) is 16.9 Å². The maximum atomic E-state index is 6.11. The third-order valence-corrected chi connectivity index (χ3v) is 2.77. The van der Waals surface area contributed by atoms with Crippen molar-refractivity contribution in [1.29, 1.82) is 0 Å². The van der Waals surface area contributed by atoms with E-state index in [1.807, 2.05) is 19.1 Å². The van der Waals surface area contributed by atoms with Crippen molar-refractivity contribution in [3.63, 3.8) is 0 Å². The second kappa shape index (κ2) is 5.37. The van der Waals surface area contributed by atoms with Crippen LogP contribution >= 0.6 is 23.2 Å². The van der Waals surface area contributed by atoms with Gasteiger partial charge in [-0.05, 0) is 30.2 Å². The molecule has 2 rings (SSSR count). The molecule has 18 heavy (non-hydrogen) atoms. The van der Waals surface area contributed by atoms with Gasteiger partial charge in [0.25, 0.3) is 0 Å². The number of aromatic nitrogens is 3. The highest BCUT2D eigenvalue weighted by Gasteiger charge is 2.08. The molecule has 0 unspecified atom stereocenters. The molecule has 0 aliphatic carbocycles. The van der Waals surface area contributed by atoms with Gasteiger partial charge in [0.05, 0.1) is 10.7 Å². The lowest BCUT2D eigenvalue weighted by Crippen LogP contribution is -2.04. The Labute approximate surface area is 115 Å². The van der Waals surface area contributed by atoms with Crippen LogP contribution in [0, 0.1) is 6.92 Å². The fourth-order valence-electron chi connectivity index (χ4n) is 1.42. The quantitative estimate of drug-likeness (QED) is 0.905. The second-order valence-corrected chi connectivity index (χ2v) is 4.30. The minimum absolute atomic E-state index is 0.113. The Bertz CT molecular complexity index is 553. The van der Waals surface area contributed by atoms with Crippen molar-refractivity contribution >= 4 is 40.8 Å². The Hall–Kier alpha value is -1.59. The Morgan fingerprint density at radius 2 is 1.78 bits per heavy atom. The first-order chi connectivity index (χ1) is 8.60. The summed E-state index contributed by atoms with van der Waals surface area (Å²) in [6, 6.07) is 5.61. The van der Waals surface area contributed by atoms with Gasteiger partial charge in [0.2, 0.25) is 17.2 Å². The molecule has 0 saturated heterocycles. The van der Waals surface area contributed by atoms with Crippen LogP contribution in [0.25, 0.3) is 0 Å². The van der Waals surface area contributed by atoms with E-state index in [9.17, 15) is 0 Å². The van der Waals surface area contributed by atoms with Gasteiger partial charge < -0.3 is 10.6 Å². The first-order valence-corrected chi connectivity index (χ1v) is 5.97. The first kappa shape index (κ1) is 12.9. The van der Waals surface area contributed by atoms with Crippen molar-refractivity contribution in [3.05, 3.63) is 34.1 Å². The van der Waals surface area contributed by atoms with Gasteiger partial charge in [0.1, 0.15) is 0 Å². The van der Waals surface area contributed by atoms with E-state index in [0.717, 1.165) is 11.3 Å². The van der Waals surface area contributed by atoms with Crippen LogP contribution in [0.3, 0.4) is 0 Å². The second-order valence-electron chi connectivity index (χ2n) is 3.56. The number of anilines is 3. The zero-order chi connectivity index (χ0) is 13.1. The predicted molar refractivity (Wildman–Crippen MR) is 73.9 cm³/mol. The molecule has 0 aliphatic heterocycles. The molecule has 0 fully saturated rings. The van der Waals surface area contributed by atoms with Crippen molar-refractivity contribution in [2.75, 3.05) is 17.7 Å². The molecule has 2 aromatic rings. The standard InChI is InChI=1S/C11H11Cl2N5/c1-6-4-3-5-7(12)8(6)15-11-17-9(13)16-10(14-2)18-11/h3-5H,1-2H3,(H2,14,15,16,17,18). The summed E-state index contributed by atoms with van der Waals surface area (Å²) in [5.41, 5.74) is 1.74. The molecule has 94 valence electrons. The van der Waals surface area contributed by atoms with Gasteiger partial charge in [-0.2, -0.15) is 15.0 Å². The number of rotatable bonds is 3. The van der Waals surface area contributed by atoms with Crippen LogP contribution in [0.1, 0.15) is 5.56 Å². The van der Waals surface area contributed by atoms with E-state index in [-0.39, 0.29) is 5.28 Å². The molecular weight excluding hydrogens is 273 g/mol. The number of hydrogen-bond acceptors (Lipinski definition) is 5. The van der Waals surface area contributed by atoms with Crippen LogP contribution in [0.5, 0.6) is 0 Å². The molecule has 0 aliphatic rings. The number of halogens is 2. The summed E-state index contributed by atoms with van der Waals surface area (Å²) in [4.78, 5) is 12.0. The van der Waals surface area contributed by atoms with Crippen molar-refractivity contribution in [3.8, 4) is 0 Å². The molecular formula is C11H11Cl2N5. The minimum atomic E-state index is 0.113. The zero-order valence-corrected chi connectivity index (χ0v) is 11.3. The fourth-order valence-corrected chi connectivity index (χ4v) is 1.85. The largest absolute Gasteiger partial charge is 0.357 e. The van der Waals surface area contributed by atoms with Gasteiger partial charge in [0.15, 0.2) is 0 Å². The number of hydrogen-bond donors (Lipinski definition) is 2. The number of benzene rings is 1. The van der Waals surface area contributed by atoms with E-state index in [1.165, 1.54) is 0 Å². The summed E-state index contributed by atoms with van der Waals surface area (Å²) >= 11 is 11.9. The van der Waals surface area contributed by atoms with Crippen molar-refractivity contribution < 1.29 is 0 Å². The highest BCUT2D eigenvalue weighted by atomic mass is 35.5. The molecule has 1 aromatic carbocycles. The smallest absolute Gasteiger partial charge is 0.233 e. The summed E-state index contributed by atoms with van der Waals surface area (Å²) in [7, 11) is 1.70. The average Bonchev–Trinajstić information content (AvgIpc) is 2.33. The van der Waals surface area contributed by atoms with E-state index >= 15 is 0 Å². The van der Waals surface area contributed by atoms with Crippen LogP contribution in [0.2, 0.25) is 10.3 Å². The van der Waals surface area contributed by atoms with Crippen LogP contribution < -0.4 is 10.6 Å². The van der Waals surface area contributed by atoms with Crippen molar-refractivity contribution in [1.82, 2.24) is 15.0 Å². The summed E-state index contributed by atoms with van der Waals surface area (Å²) in [5, 5.41) is 6.55. The number of aryl methyl sites for hydroxylation is 1. The summed E-state index contributed by atoms with van der Waals surface area (Å²) < 4.78 is 0. The molecule has 0 radical (unpaired) electrons. The fraction of sp³-hybridized carbons (Fsp3) is 0.182. The van der Waals surface area contributed by atoms with Gasteiger partial charge in [-0.3, -0.25) is 0 Å². The van der Waals surface area contributed by atoms with Gasteiger partial charge in [-0.15, -0.1) is 0 Å². The molecule has 5 nitrogen and oxygen atoms in total. The highest BCUT2D eigenvalue weighted by Crippen LogP contribution is 2.27. The summed E-state index contributed by atoms with van der Waals surface area (Å²) in [5.74, 6) is 0.734. The predicted octanol–water partition coefficient (Wildman–Crippen LogP) is 3.27. The van der Waals surface area contributed by atoms with E-state index in [1.54, 1.807) is 13.1 Å². The Morgan fingerprint density at radius 3 is 2.44 bits per heavy atom. The lowest BCUT2D eigenvalue weighted by molar-refractivity contribution is 1.05. The van der Waals surface area contributed by atoms with Gasteiger partial charge >= 0.3 is 0 Å². The van der Waals surface area contributed by atoms with Crippen LogP contribution in [-0.2, 0) is 0 Å². The van der Waals surface area contributed by atoms with Crippen molar-refractivity contribution in [2.45, 2.75) is 6.92 Å². The van der Waals surface area contributed by atoms with E-state index in [2.05, 4.69) is 25.6 Å². The molecule has 0 atom stereocenters. The third-order valence-electron chi connectivity index (χ3n) is 2.29. The van der Waals surface area contributed by atoms with Gasteiger partial charge in [-0.25, -0.2) is 0 Å². The number of para-hydroxylation sites is 1. The van der Waals surface area contributed by atoms with Crippen molar-refractivity contribution in [2.24, 2.45) is 0 Å². The Kier molecular flexibility index (Phi) is 3.84. The first-order valence-electron chi connectivity index (χ1n) is 5.21. The molecule has 0 amide bonds. The summed E-state index contributed by atoms with van der Waals surface area (Å²) in [6.45, 7) is 1.94. The molecule has 0 spiro atoms. The monoisotopic (exact) mass is 283 g/mol. The SMILES string of the molecule is CNc1nc(Cl)nc(Nc2c(C)cccc2Cl)n1. The topological polar surface area (TPSA) is 62.7 Å². The third kappa shape index (κ3) is 2.80. The summed E-state index contributed by atoms with van der Waals surface area (Å²) in [6.07, 6.45) is 0.